The Bertz CT molecular complexity index is 961. The van der Waals surface area contributed by atoms with Gasteiger partial charge in [0.15, 0.2) is 11.6 Å². The summed E-state index contributed by atoms with van der Waals surface area (Å²) in [7, 11) is -3.87. The Kier molecular flexibility index (Phi) is 6.20. The van der Waals surface area contributed by atoms with E-state index >= 15 is 0 Å². The Hall–Kier alpha value is -2.48. The third-order valence-electron chi connectivity index (χ3n) is 4.15. The Morgan fingerprint density at radius 1 is 1.11 bits per heavy atom. The quantitative estimate of drug-likeness (QED) is 0.815. The molecule has 0 aliphatic rings. The molecule has 0 bridgehead atoms. The highest BCUT2D eigenvalue weighted by molar-refractivity contribution is 7.92. The van der Waals surface area contributed by atoms with Crippen LogP contribution in [0.25, 0.3) is 0 Å². The SMILES string of the molecule is Cc1ccc([C@H](C)NC(=O)CN(c2ccc(F)c(F)c2)S(C)(=O)=O)c(C)c1. The Labute approximate surface area is 158 Å². The Balaban J connectivity index is 2.20. The molecule has 0 heterocycles. The minimum absolute atomic E-state index is 0.120. The fraction of sp³-hybridized carbons (Fsp3) is 0.316. The third kappa shape index (κ3) is 5.26. The molecular formula is C19H22F2N2O3S. The van der Waals surface area contributed by atoms with Gasteiger partial charge in [-0.15, -0.1) is 0 Å². The van der Waals surface area contributed by atoms with Gasteiger partial charge in [0, 0.05) is 6.07 Å². The molecule has 0 spiro atoms. The average Bonchev–Trinajstić information content (AvgIpc) is 2.54. The molecule has 0 aliphatic carbocycles. The third-order valence-corrected chi connectivity index (χ3v) is 5.29. The average molecular weight is 396 g/mol. The van der Waals surface area contributed by atoms with Crippen LogP contribution >= 0.6 is 0 Å². The number of carbonyl (C=O) groups excluding carboxylic acids is 1. The van der Waals surface area contributed by atoms with E-state index in [0.717, 1.165) is 45.5 Å². The highest BCUT2D eigenvalue weighted by Gasteiger charge is 2.23. The lowest BCUT2D eigenvalue weighted by atomic mass is 10.0. The summed E-state index contributed by atoms with van der Waals surface area (Å²) >= 11 is 0. The lowest BCUT2D eigenvalue weighted by molar-refractivity contribution is -0.120. The molecule has 2 aromatic carbocycles. The molecule has 27 heavy (non-hydrogen) atoms. The first-order chi connectivity index (χ1) is 12.5. The van der Waals surface area contributed by atoms with Crippen LogP contribution < -0.4 is 9.62 Å². The highest BCUT2D eigenvalue weighted by Crippen LogP contribution is 2.21. The van der Waals surface area contributed by atoms with Crippen LogP contribution in [0.5, 0.6) is 0 Å². The number of amides is 1. The van der Waals surface area contributed by atoms with Gasteiger partial charge in [0.2, 0.25) is 15.9 Å². The van der Waals surface area contributed by atoms with Gasteiger partial charge in [-0.3, -0.25) is 9.10 Å². The van der Waals surface area contributed by atoms with E-state index in [1.807, 2.05) is 32.0 Å². The van der Waals surface area contributed by atoms with Crippen LogP contribution in [0.1, 0.15) is 29.7 Å². The maximum atomic E-state index is 13.5. The largest absolute Gasteiger partial charge is 0.348 e. The van der Waals surface area contributed by atoms with Crippen molar-refractivity contribution >= 4 is 21.6 Å². The summed E-state index contributed by atoms with van der Waals surface area (Å²) in [4.78, 5) is 12.4. The van der Waals surface area contributed by atoms with E-state index in [0.29, 0.717) is 0 Å². The fourth-order valence-corrected chi connectivity index (χ4v) is 3.70. The number of hydrogen-bond acceptors (Lipinski definition) is 3. The minimum Gasteiger partial charge on any atom is -0.348 e. The number of nitrogens with zero attached hydrogens (tertiary/aromatic N) is 1. The van der Waals surface area contributed by atoms with E-state index in [-0.39, 0.29) is 11.7 Å². The number of nitrogens with one attached hydrogen (secondary N) is 1. The molecule has 2 rings (SSSR count). The van der Waals surface area contributed by atoms with Gasteiger partial charge in [0.1, 0.15) is 6.54 Å². The zero-order valence-electron chi connectivity index (χ0n) is 15.6. The van der Waals surface area contributed by atoms with Crippen LogP contribution in [-0.4, -0.2) is 27.1 Å². The molecular weight excluding hydrogens is 374 g/mol. The molecule has 0 aromatic heterocycles. The first kappa shape index (κ1) is 20.8. The number of aryl methyl sites for hydroxylation is 2. The summed E-state index contributed by atoms with van der Waals surface area (Å²) in [6, 6.07) is 8.15. The van der Waals surface area contributed by atoms with Crippen molar-refractivity contribution in [3.8, 4) is 0 Å². The van der Waals surface area contributed by atoms with Crippen LogP contribution in [0, 0.1) is 25.5 Å². The summed E-state index contributed by atoms with van der Waals surface area (Å²) in [6.45, 7) is 5.14. The van der Waals surface area contributed by atoms with Crippen LogP contribution in [0.4, 0.5) is 14.5 Å². The zero-order chi connectivity index (χ0) is 20.4. The normalized spacial score (nSPS) is 12.5. The second-order valence-electron chi connectivity index (χ2n) is 6.52. The van der Waals surface area contributed by atoms with Crippen molar-refractivity contribution in [2.75, 3.05) is 17.1 Å². The van der Waals surface area contributed by atoms with E-state index in [1.165, 1.54) is 0 Å². The topological polar surface area (TPSA) is 66.5 Å². The number of benzene rings is 2. The van der Waals surface area contributed by atoms with Crippen LogP contribution in [0.3, 0.4) is 0 Å². The molecule has 0 aliphatic heterocycles. The summed E-state index contributed by atoms with van der Waals surface area (Å²) in [5.74, 6) is -2.84. The Morgan fingerprint density at radius 3 is 2.33 bits per heavy atom. The molecule has 8 heteroatoms. The first-order valence-corrected chi connectivity index (χ1v) is 10.1. The number of sulfonamides is 1. The molecule has 0 unspecified atom stereocenters. The van der Waals surface area contributed by atoms with Crippen molar-refractivity contribution in [3.63, 3.8) is 0 Å². The predicted octanol–water partition coefficient (Wildman–Crippen LogP) is 3.23. The van der Waals surface area contributed by atoms with Gasteiger partial charge in [0.05, 0.1) is 18.0 Å². The number of hydrogen-bond donors (Lipinski definition) is 1. The van der Waals surface area contributed by atoms with Crippen LogP contribution in [0.2, 0.25) is 0 Å². The van der Waals surface area contributed by atoms with E-state index in [9.17, 15) is 22.0 Å². The van der Waals surface area contributed by atoms with Gasteiger partial charge in [-0.2, -0.15) is 0 Å². The van der Waals surface area contributed by atoms with Crippen LogP contribution in [-0.2, 0) is 14.8 Å². The van der Waals surface area contributed by atoms with Crippen molar-refractivity contribution in [1.82, 2.24) is 5.32 Å². The van der Waals surface area contributed by atoms with E-state index < -0.39 is 34.1 Å². The number of halogens is 2. The van der Waals surface area contributed by atoms with E-state index in [4.69, 9.17) is 0 Å². The van der Waals surface area contributed by atoms with E-state index in [1.54, 1.807) is 6.92 Å². The molecule has 0 fully saturated rings. The fourth-order valence-electron chi connectivity index (χ4n) is 2.85. The highest BCUT2D eigenvalue weighted by atomic mass is 32.2. The number of anilines is 1. The lowest BCUT2D eigenvalue weighted by Crippen LogP contribution is -2.41. The van der Waals surface area contributed by atoms with Crippen molar-refractivity contribution in [1.29, 1.82) is 0 Å². The second kappa shape index (κ2) is 8.04. The van der Waals surface area contributed by atoms with Gasteiger partial charge >= 0.3 is 0 Å². The maximum Gasteiger partial charge on any atom is 0.241 e. The molecule has 5 nitrogen and oxygen atoms in total. The smallest absolute Gasteiger partial charge is 0.241 e. The van der Waals surface area contributed by atoms with Crippen LogP contribution in [0.15, 0.2) is 36.4 Å². The second-order valence-corrected chi connectivity index (χ2v) is 8.42. The Morgan fingerprint density at radius 2 is 1.78 bits per heavy atom. The molecule has 0 saturated heterocycles. The van der Waals surface area contributed by atoms with Crippen molar-refractivity contribution in [2.45, 2.75) is 26.8 Å². The molecule has 1 amide bonds. The summed E-state index contributed by atoms with van der Waals surface area (Å²) < 4.78 is 51.4. The molecule has 1 N–H and O–H groups in total. The van der Waals surface area contributed by atoms with Gasteiger partial charge in [-0.05, 0) is 44.0 Å². The van der Waals surface area contributed by atoms with Crippen molar-refractivity contribution in [3.05, 3.63) is 64.7 Å². The zero-order valence-corrected chi connectivity index (χ0v) is 16.4. The summed E-state index contributed by atoms with van der Waals surface area (Å²) in [5, 5.41) is 2.74. The van der Waals surface area contributed by atoms with Gasteiger partial charge in [-0.1, -0.05) is 23.8 Å². The van der Waals surface area contributed by atoms with Gasteiger partial charge < -0.3 is 5.32 Å². The summed E-state index contributed by atoms with van der Waals surface area (Å²) in [6.07, 6.45) is 0.898. The summed E-state index contributed by atoms with van der Waals surface area (Å²) in [5.41, 5.74) is 2.89. The predicted molar refractivity (Wildman–Crippen MR) is 101 cm³/mol. The molecule has 1 atom stereocenters. The molecule has 0 radical (unpaired) electrons. The monoisotopic (exact) mass is 396 g/mol. The minimum atomic E-state index is -3.87. The first-order valence-electron chi connectivity index (χ1n) is 8.28. The molecule has 146 valence electrons. The number of rotatable bonds is 6. The van der Waals surface area contributed by atoms with E-state index in [2.05, 4.69) is 5.32 Å². The standard InChI is InChI=1S/C19H22F2N2O3S/c1-12-5-7-16(13(2)9-12)14(3)22-19(24)11-23(27(4,25)26)15-6-8-17(20)18(21)10-15/h5-10,14H,11H2,1-4H3,(H,22,24)/t14-/m0/s1. The van der Waals surface area contributed by atoms with Gasteiger partial charge in [0.25, 0.3) is 0 Å². The van der Waals surface area contributed by atoms with Crippen molar-refractivity contribution < 1.29 is 22.0 Å². The lowest BCUT2D eigenvalue weighted by Gasteiger charge is -2.24. The molecule has 2 aromatic rings. The number of carbonyl (C=O) groups is 1. The maximum absolute atomic E-state index is 13.5. The molecule has 0 saturated carbocycles. The van der Waals surface area contributed by atoms with Crippen molar-refractivity contribution in [2.24, 2.45) is 0 Å². The van der Waals surface area contributed by atoms with Gasteiger partial charge in [-0.25, -0.2) is 17.2 Å².